The first kappa shape index (κ1) is 12.1. The van der Waals surface area contributed by atoms with Crippen molar-refractivity contribution in [3.8, 4) is 0 Å². The molecule has 21 heavy (non-hydrogen) atoms. The number of aromatic nitrogens is 2. The average molecular weight is 278 g/mol. The third-order valence-corrected chi connectivity index (χ3v) is 3.80. The summed E-state index contributed by atoms with van der Waals surface area (Å²) in [6.45, 7) is 1.76. The maximum Gasteiger partial charge on any atom is 0.255 e. The van der Waals surface area contributed by atoms with E-state index in [2.05, 4.69) is 26.9 Å². The number of rotatable bonds is 2. The van der Waals surface area contributed by atoms with Gasteiger partial charge in [-0.3, -0.25) is 9.89 Å². The van der Waals surface area contributed by atoms with Gasteiger partial charge in [-0.25, -0.2) is 0 Å². The van der Waals surface area contributed by atoms with E-state index < -0.39 is 0 Å². The van der Waals surface area contributed by atoms with Crippen LogP contribution in [0.4, 0.5) is 5.69 Å². The van der Waals surface area contributed by atoms with E-state index in [0.717, 1.165) is 29.7 Å². The summed E-state index contributed by atoms with van der Waals surface area (Å²) in [6, 6.07) is 11.5. The second-order valence-corrected chi connectivity index (χ2v) is 5.21. The number of anilines is 1. The summed E-state index contributed by atoms with van der Waals surface area (Å²) in [4.78, 5) is 12.3. The molecule has 0 fully saturated rings. The lowest BCUT2D eigenvalue weighted by atomic mass is 10.1. The minimum atomic E-state index is -0.107. The first-order valence-corrected chi connectivity index (χ1v) is 6.86. The molecule has 0 atom stereocenters. The van der Waals surface area contributed by atoms with Gasteiger partial charge in [0.05, 0.1) is 11.7 Å². The van der Waals surface area contributed by atoms with Gasteiger partial charge in [-0.2, -0.15) is 5.10 Å². The van der Waals surface area contributed by atoms with Crippen LogP contribution in [0.15, 0.2) is 42.6 Å². The van der Waals surface area contributed by atoms with E-state index in [1.54, 1.807) is 12.3 Å². The number of hydrogen-bond donors (Lipinski definition) is 3. The van der Waals surface area contributed by atoms with E-state index in [1.807, 2.05) is 24.3 Å². The topological polar surface area (TPSA) is 69.8 Å². The Morgan fingerprint density at radius 1 is 1.10 bits per heavy atom. The fraction of sp³-hybridized carbons (Fsp3) is 0.125. The van der Waals surface area contributed by atoms with Crippen molar-refractivity contribution in [1.82, 2.24) is 15.5 Å². The van der Waals surface area contributed by atoms with Crippen LogP contribution < -0.4 is 10.6 Å². The number of fused-ring (bicyclic) bond motifs is 2. The summed E-state index contributed by atoms with van der Waals surface area (Å²) >= 11 is 0. The molecule has 5 nitrogen and oxygen atoms in total. The number of nitrogens with zero attached hydrogens (tertiary/aromatic N) is 1. The van der Waals surface area contributed by atoms with Crippen LogP contribution in [0.2, 0.25) is 0 Å². The minimum absolute atomic E-state index is 0.107. The summed E-state index contributed by atoms with van der Waals surface area (Å²) in [5, 5.41) is 14.0. The highest BCUT2D eigenvalue weighted by Crippen LogP contribution is 2.21. The van der Waals surface area contributed by atoms with Crippen molar-refractivity contribution in [2.75, 3.05) is 5.32 Å². The second-order valence-electron chi connectivity index (χ2n) is 5.21. The normalized spacial score (nSPS) is 13.3. The molecule has 3 N–H and O–H groups in total. The van der Waals surface area contributed by atoms with Crippen molar-refractivity contribution >= 4 is 22.5 Å². The SMILES string of the molecule is O=C(Nc1ccc2c(c1)CNC2)c1ccc2[nH]ncc2c1. The summed E-state index contributed by atoms with van der Waals surface area (Å²) in [6.07, 6.45) is 1.72. The van der Waals surface area contributed by atoms with Gasteiger partial charge in [0.1, 0.15) is 0 Å². The molecule has 0 unspecified atom stereocenters. The number of H-pyrrole nitrogens is 1. The minimum Gasteiger partial charge on any atom is -0.322 e. The van der Waals surface area contributed by atoms with Crippen LogP contribution in [-0.2, 0) is 13.1 Å². The van der Waals surface area contributed by atoms with Gasteiger partial charge >= 0.3 is 0 Å². The lowest BCUT2D eigenvalue weighted by Crippen LogP contribution is -2.11. The molecule has 0 bridgehead atoms. The third-order valence-electron chi connectivity index (χ3n) is 3.80. The summed E-state index contributed by atoms with van der Waals surface area (Å²) < 4.78 is 0. The average Bonchev–Trinajstić information content (AvgIpc) is 3.14. The van der Waals surface area contributed by atoms with Gasteiger partial charge in [0, 0.05) is 29.7 Å². The summed E-state index contributed by atoms with van der Waals surface area (Å²) in [5.74, 6) is -0.107. The number of benzene rings is 2. The van der Waals surface area contributed by atoms with Crippen LogP contribution in [-0.4, -0.2) is 16.1 Å². The molecule has 3 aromatic rings. The van der Waals surface area contributed by atoms with E-state index in [4.69, 9.17) is 0 Å². The molecule has 0 aliphatic carbocycles. The van der Waals surface area contributed by atoms with Gasteiger partial charge in [0.25, 0.3) is 5.91 Å². The number of carbonyl (C=O) groups is 1. The Labute approximate surface area is 121 Å². The Morgan fingerprint density at radius 3 is 2.95 bits per heavy atom. The lowest BCUT2D eigenvalue weighted by Gasteiger charge is -2.07. The number of hydrogen-bond acceptors (Lipinski definition) is 3. The van der Waals surface area contributed by atoms with Crippen LogP contribution >= 0.6 is 0 Å². The molecule has 0 saturated heterocycles. The Morgan fingerprint density at radius 2 is 2.00 bits per heavy atom. The predicted octanol–water partition coefficient (Wildman–Crippen LogP) is 2.42. The quantitative estimate of drug-likeness (QED) is 0.674. The van der Waals surface area contributed by atoms with Crippen LogP contribution in [0.3, 0.4) is 0 Å². The molecule has 2 heterocycles. The van der Waals surface area contributed by atoms with E-state index >= 15 is 0 Å². The number of aromatic amines is 1. The Kier molecular flexibility index (Phi) is 2.72. The molecule has 1 aromatic heterocycles. The first-order valence-electron chi connectivity index (χ1n) is 6.86. The van der Waals surface area contributed by atoms with Gasteiger partial charge in [0.2, 0.25) is 0 Å². The number of nitrogens with one attached hydrogen (secondary N) is 3. The first-order chi connectivity index (χ1) is 10.3. The highest BCUT2D eigenvalue weighted by molar-refractivity contribution is 6.06. The van der Waals surface area contributed by atoms with Crippen molar-refractivity contribution in [2.45, 2.75) is 13.1 Å². The van der Waals surface area contributed by atoms with Crippen molar-refractivity contribution in [3.63, 3.8) is 0 Å². The Bertz CT molecular complexity index is 837. The van der Waals surface area contributed by atoms with E-state index in [-0.39, 0.29) is 5.91 Å². The number of carbonyl (C=O) groups excluding carboxylic acids is 1. The van der Waals surface area contributed by atoms with Crippen molar-refractivity contribution in [3.05, 3.63) is 59.3 Å². The largest absolute Gasteiger partial charge is 0.322 e. The maximum atomic E-state index is 12.3. The highest BCUT2D eigenvalue weighted by atomic mass is 16.1. The predicted molar refractivity (Wildman–Crippen MR) is 81.0 cm³/mol. The molecule has 104 valence electrons. The van der Waals surface area contributed by atoms with Crippen molar-refractivity contribution in [1.29, 1.82) is 0 Å². The molecule has 4 rings (SSSR count). The van der Waals surface area contributed by atoms with Gasteiger partial charge < -0.3 is 10.6 Å². The zero-order valence-corrected chi connectivity index (χ0v) is 11.3. The summed E-state index contributed by atoms with van der Waals surface area (Å²) in [5.41, 5.74) is 4.93. The van der Waals surface area contributed by atoms with E-state index in [9.17, 15) is 4.79 Å². The standard InChI is InChI=1S/C16H14N4O/c21-16(10-2-4-15-13(5-10)9-18-20-15)19-14-3-1-11-7-17-8-12(11)6-14/h1-6,9,17H,7-8H2,(H,18,20)(H,19,21). The fourth-order valence-electron chi connectivity index (χ4n) is 2.66. The molecule has 1 aliphatic rings. The number of amides is 1. The van der Waals surface area contributed by atoms with Gasteiger partial charge in [-0.15, -0.1) is 0 Å². The highest BCUT2D eigenvalue weighted by Gasteiger charge is 2.12. The zero-order valence-electron chi connectivity index (χ0n) is 11.3. The molecule has 0 saturated carbocycles. The smallest absolute Gasteiger partial charge is 0.255 e. The van der Waals surface area contributed by atoms with Crippen molar-refractivity contribution < 1.29 is 4.79 Å². The molecule has 1 aliphatic heterocycles. The third kappa shape index (κ3) is 2.17. The van der Waals surface area contributed by atoms with Crippen molar-refractivity contribution in [2.24, 2.45) is 0 Å². The van der Waals surface area contributed by atoms with Gasteiger partial charge in [0.15, 0.2) is 0 Å². The lowest BCUT2D eigenvalue weighted by molar-refractivity contribution is 0.102. The van der Waals surface area contributed by atoms with Crippen LogP contribution in [0, 0.1) is 0 Å². The Balaban J connectivity index is 1.60. The van der Waals surface area contributed by atoms with E-state index in [1.165, 1.54) is 11.1 Å². The van der Waals surface area contributed by atoms with Crippen LogP contribution in [0.1, 0.15) is 21.5 Å². The fourth-order valence-corrected chi connectivity index (χ4v) is 2.66. The molecule has 5 heteroatoms. The zero-order chi connectivity index (χ0) is 14.2. The van der Waals surface area contributed by atoms with Crippen LogP contribution in [0.5, 0.6) is 0 Å². The monoisotopic (exact) mass is 278 g/mol. The van der Waals surface area contributed by atoms with Crippen LogP contribution in [0.25, 0.3) is 10.9 Å². The van der Waals surface area contributed by atoms with Gasteiger partial charge in [-0.1, -0.05) is 6.07 Å². The molecular weight excluding hydrogens is 264 g/mol. The van der Waals surface area contributed by atoms with Gasteiger partial charge in [-0.05, 0) is 41.5 Å². The van der Waals surface area contributed by atoms with E-state index in [0.29, 0.717) is 5.56 Å². The molecular formula is C16H14N4O. The Hall–Kier alpha value is -2.66. The molecule has 2 aromatic carbocycles. The maximum absolute atomic E-state index is 12.3. The molecule has 0 radical (unpaired) electrons. The molecule has 0 spiro atoms. The summed E-state index contributed by atoms with van der Waals surface area (Å²) in [7, 11) is 0. The molecule has 1 amide bonds. The second kappa shape index (κ2) is 4.71.